The lowest BCUT2D eigenvalue weighted by Gasteiger charge is -2.31. The molecule has 0 fully saturated rings. The maximum Gasteiger partial charge on any atom is 0.333 e. The molecule has 1 atom stereocenters. The molecule has 3 aromatic rings. The van der Waals surface area contributed by atoms with Crippen molar-refractivity contribution >= 4 is 28.0 Å². The molecule has 0 amide bonds. The number of carboxylic acids is 1. The van der Waals surface area contributed by atoms with Gasteiger partial charge in [0.25, 0.3) is 0 Å². The highest BCUT2D eigenvalue weighted by atomic mass is 28.2. The number of aryl methyl sites for hydroxylation is 3. The summed E-state index contributed by atoms with van der Waals surface area (Å²) in [6, 6.07) is 22.7. The summed E-state index contributed by atoms with van der Waals surface area (Å²) < 4.78 is 5.29. The predicted molar refractivity (Wildman–Crippen MR) is 131 cm³/mol. The highest BCUT2D eigenvalue weighted by Gasteiger charge is 2.45. The van der Waals surface area contributed by atoms with Crippen molar-refractivity contribution in [1.82, 2.24) is 0 Å². The average Bonchev–Trinajstić information content (AvgIpc) is 2.78. The lowest BCUT2D eigenvalue weighted by atomic mass is 9.71. The Balaban J connectivity index is 2.46. The van der Waals surface area contributed by atoms with Gasteiger partial charge in [-0.05, 0) is 44.4 Å². The van der Waals surface area contributed by atoms with Gasteiger partial charge in [0, 0.05) is 5.57 Å². The molecule has 164 valence electrons. The summed E-state index contributed by atoms with van der Waals surface area (Å²) in [4.78, 5) is 26.1. The van der Waals surface area contributed by atoms with Crippen LogP contribution in [0, 0.1) is 20.8 Å². The normalized spacial score (nSPS) is 12.6. The molecule has 0 aromatic heterocycles. The van der Waals surface area contributed by atoms with E-state index in [0.717, 1.165) is 27.8 Å². The Morgan fingerprint density at radius 2 is 1.12 bits per heavy atom. The Hall–Kier alpha value is -3.44. The molecule has 0 radical (unpaired) electrons. The third kappa shape index (κ3) is 4.43. The zero-order chi connectivity index (χ0) is 23.5. The highest BCUT2D eigenvalue weighted by molar-refractivity contribution is 6.14. The van der Waals surface area contributed by atoms with E-state index in [1.165, 1.54) is 0 Å². The number of hydrogen-bond donors (Lipinski definition) is 1. The zero-order valence-electron chi connectivity index (χ0n) is 19.1. The number of carbonyl (C=O) groups excluding carboxylic acids is 1. The van der Waals surface area contributed by atoms with E-state index in [-0.39, 0.29) is 16.1 Å². The molecule has 0 saturated heterocycles. The summed E-state index contributed by atoms with van der Waals surface area (Å²) in [6.07, 6.45) is 0. The molecule has 0 aliphatic carbocycles. The van der Waals surface area contributed by atoms with E-state index in [1.807, 2.05) is 81.4 Å². The van der Waals surface area contributed by atoms with Gasteiger partial charge in [-0.25, -0.2) is 4.79 Å². The van der Waals surface area contributed by atoms with Gasteiger partial charge in [-0.3, -0.25) is 4.79 Å². The van der Waals surface area contributed by atoms with E-state index >= 15 is 0 Å². The molecule has 0 heterocycles. The molecular weight excluding hydrogens is 416 g/mol. The minimum atomic E-state index is -1.49. The van der Waals surface area contributed by atoms with Gasteiger partial charge in [-0.1, -0.05) is 89.5 Å². The van der Waals surface area contributed by atoms with Gasteiger partial charge in [-0.15, -0.1) is 0 Å². The zero-order valence-corrected chi connectivity index (χ0v) is 21.1. The molecule has 0 bridgehead atoms. The van der Waals surface area contributed by atoms with Crippen LogP contribution in [0.15, 0.2) is 78.4 Å². The first-order chi connectivity index (χ1) is 15.2. The van der Waals surface area contributed by atoms with Crippen LogP contribution in [-0.4, -0.2) is 27.5 Å². The molecule has 3 aromatic carbocycles. The smallest absolute Gasteiger partial charge is 0.333 e. The number of hydrogen-bond acceptors (Lipinski definition) is 3. The maximum atomic E-state index is 13.3. The third-order valence-electron chi connectivity index (χ3n) is 5.87. The summed E-state index contributed by atoms with van der Waals surface area (Å²) in [5, 5.41) is 10.5. The van der Waals surface area contributed by atoms with Crippen LogP contribution in [0.5, 0.6) is 0 Å². The molecule has 5 heteroatoms. The Morgan fingerprint density at radius 1 is 0.750 bits per heavy atom. The lowest BCUT2D eigenvalue weighted by molar-refractivity contribution is -0.142. The second kappa shape index (κ2) is 9.36. The monoisotopic (exact) mass is 444 g/mol. The molecule has 0 spiro atoms. The molecule has 0 aliphatic rings. The third-order valence-corrected chi connectivity index (χ3v) is 6.24. The Morgan fingerprint density at radius 3 is 1.47 bits per heavy atom. The van der Waals surface area contributed by atoms with Crippen LogP contribution >= 0.6 is 0 Å². The number of carbonyl (C=O) groups is 2. The molecule has 0 saturated carbocycles. The first-order valence-electron chi connectivity index (χ1n) is 10.5. The highest BCUT2D eigenvalue weighted by Crippen LogP contribution is 2.41. The largest absolute Gasteiger partial charge is 0.528 e. The Labute approximate surface area is 192 Å². The molecule has 1 unspecified atom stereocenters. The lowest BCUT2D eigenvalue weighted by Crippen LogP contribution is -2.40. The summed E-state index contributed by atoms with van der Waals surface area (Å²) >= 11 is 0. The number of rotatable bonds is 6. The Bertz CT molecular complexity index is 1110. The van der Waals surface area contributed by atoms with Crippen LogP contribution in [0.4, 0.5) is 0 Å². The molecule has 32 heavy (non-hydrogen) atoms. The average molecular weight is 445 g/mol. The fourth-order valence-electron chi connectivity index (χ4n) is 3.92. The van der Waals surface area contributed by atoms with Crippen molar-refractivity contribution in [3.05, 3.63) is 112 Å². The summed E-state index contributed by atoms with van der Waals surface area (Å²) in [5.41, 5.74) is 4.21. The topological polar surface area (TPSA) is 63.6 Å². The molecular formula is C27H28O4Si. The standard InChI is InChI=1S/C27H28O4Si/c1-17-5-11-20(12-6-17)23(21-13-7-18(2)8-14-21)24(25(28)29)27(4,26(30)31-32)22-15-9-19(3)10-16-22/h5-16H,1-4,32H3,(H,28,29). The Kier molecular flexibility index (Phi) is 6.80. The molecule has 4 nitrogen and oxygen atoms in total. The fraction of sp³-hybridized carbons (Fsp3) is 0.185. The summed E-state index contributed by atoms with van der Waals surface area (Å²) in [6.45, 7) is 7.55. The van der Waals surface area contributed by atoms with Crippen molar-refractivity contribution in [1.29, 1.82) is 0 Å². The maximum absolute atomic E-state index is 13.3. The SMILES string of the molecule is Cc1ccc(C(=C(C(=O)O)C(C)(C(=O)O[SiH3])c2ccc(C)cc2)c2ccc(C)cc2)cc1. The van der Waals surface area contributed by atoms with Crippen molar-refractivity contribution in [2.75, 3.05) is 0 Å². The summed E-state index contributed by atoms with van der Waals surface area (Å²) in [7, 11) is 0.163. The van der Waals surface area contributed by atoms with E-state index < -0.39 is 17.4 Å². The quantitative estimate of drug-likeness (QED) is 0.455. The second-order valence-electron chi connectivity index (χ2n) is 8.27. The van der Waals surface area contributed by atoms with E-state index in [2.05, 4.69) is 0 Å². The minimum absolute atomic E-state index is 0.00471. The van der Waals surface area contributed by atoms with Gasteiger partial charge in [0.1, 0.15) is 5.41 Å². The first kappa shape index (κ1) is 23.2. The number of benzene rings is 3. The van der Waals surface area contributed by atoms with Crippen LogP contribution in [0.3, 0.4) is 0 Å². The molecule has 3 rings (SSSR count). The first-order valence-corrected chi connectivity index (χ1v) is 11.3. The van der Waals surface area contributed by atoms with Crippen molar-refractivity contribution < 1.29 is 19.1 Å². The number of aliphatic carboxylic acids is 1. The van der Waals surface area contributed by atoms with Gasteiger partial charge >= 0.3 is 11.9 Å². The van der Waals surface area contributed by atoms with Gasteiger partial charge in [-0.2, -0.15) is 0 Å². The van der Waals surface area contributed by atoms with Crippen molar-refractivity contribution in [2.24, 2.45) is 0 Å². The van der Waals surface area contributed by atoms with Gasteiger partial charge in [0.05, 0.1) is 5.57 Å². The van der Waals surface area contributed by atoms with E-state index in [9.17, 15) is 14.7 Å². The van der Waals surface area contributed by atoms with E-state index in [4.69, 9.17) is 4.43 Å². The van der Waals surface area contributed by atoms with E-state index in [1.54, 1.807) is 19.1 Å². The van der Waals surface area contributed by atoms with Crippen molar-refractivity contribution in [3.8, 4) is 0 Å². The van der Waals surface area contributed by atoms with Gasteiger partial charge in [0.2, 0.25) is 10.5 Å². The van der Waals surface area contributed by atoms with Gasteiger partial charge in [0.15, 0.2) is 0 Å². The molecule has 0 aliphatic heterocycles. The van der Waals surface area contributed by atoms with Crippen LogP contribution in [0.1, 0.15) is 40.3 Å². The van der Waals surface area contributed by atoms with Crippen LogP contribution < -0.4 is 0 Å². The second-order valence-corrected chi connectivity index (χ2v) is 8.68. The molecule has 1 N–H and O–H groups in total. The number of carboxylic acid groups (broad SMARTS) is 1. The van der Waals surface area contributed by atoms with Crippen LogP contribution in [0.25, 0.3) is 5.57 Å². The predicted octanol–water partition coefficient (Wildman–Crippen LogP) is 4.28. The minimum Gasteiger partial charge on any atom is -0.528 e. The van der Waals surface area contributed by atoms with E-state index in [0.29, 0.717) is 11.1 Å². The van der Waals surface area contributed by atoms with Crippen molar-refractivity contribution in [2.45, 2.75) is 33.1 Å². The van der Waals surface area contributed by atoms with Crippen molar-refractivity contribution in [3.63, 3.8) is 0 Å². The fourth-order valence-corrected chi connectivity index (χ4v) is 4.33. The van der Waals surface area contributed by atoms with Crippen LogP contribution in [0.2, 0.25) is 0 Å². The van der Waals surface area contributed by atoms with Gasteiger partial charge < -0.3 is 9.53 Å². The summed E-state index contributed by atoms with van der Waals surface area (Å²) in [5.74, 6) is -1.72. The van der Waals surface area contributed by atoms with Crippen LogP contribution in [-0.2, 0) is 19.4 Å².